The highest BCUT2D eigenvalue weighted by Gasteiger charge is 2.35. The van der Waals surface area contributed by atoms with Crippen LogP contribution in [0.2, 0.25) is 0 Å². The molecule has 0 bridgehead atoms. The average molecular weight is 341 g/mol. The molecule has 1 heterocycles. The van der Waals surface area contributed by atoms with Crippen LogP contribution < -0.4 is 5.32 Å². The lowest BCUT2D eigenvalue weighted by molar-refractivity contribution is 0.0749. The summed E-state index contributed by atoms with van der Waals surface area (Å²) in [5.74, 6) is -0.0569. The molecule has 1 amide bonds. The van der Waals surface area contributed by atoms with Gasteiger partial charge in [-0.15, -0.1) is 0 Å². The van der Waals surface area contributed by atoms with E-state index in [-0.39, 0.29) is 12.5 Å². The van der Waals surface area contributed by atoms with Crippen LogP contribution in [0.5, 0.6) is 0 Å². The number of aliphatic hydroxyl groups is 1. The molecule has 2 fully saturated rings. The standard InChI is InChI=1S/C15H21BrN2O2/c16-11-8-13(18(9-11)12-4-5-12)14(20)17-15(10-19)6-2-1-3-7-15/h8-9,12,19H,1-7,10H2,(H,17,20). The first-order valence-corrected chi connectivity index (χ1v) is 8.24. The van der Waals surface area contributed by atoms with Gasteiger partial charge in [0.15, 0.2) is 0 Å². The molecule has 0 radical (unpaired) electrons. The maximum atomic E-state index is 12.6. The number of rotatable bonds is 4. The minimum atomic E-state index is -0.416. The van der Waals surface area contributed by atoms with Crippen molar-refractivity contribution >= 4 is 21.8 Å². The molecule has 20 heavy (non-hydrogen) atoms. The molecule has 2 aliphatic carbocycles. The number of aliphatic hydroxyl groups excluding tert-OH is 1. The zero-order chi connectivity index (χ0) is 14.2. The van der Waals surface area contributed by atoms with Crippen LogP contribution in [0.15, 0.2) is 16.7 Å². The number of halogens is 1. The fourth-order valence-electron chi connectivity index (χ4n) is 3.14. The van der Waals surface area contributed by atoms with Gasteiger partial charge in [0.05, 0.1) is 12.1 Å². The SMILES string of the molecule is O=C(NC1(CO)CCCCC1)c1cc(Br)cn1C1CC1. The van der Waals surface area contributed by atoms with Crippen molar-refractivity contribution in [3.8, 4) is 0 Å². The van der Waals surface area contributed by atoms with Crippen LogP contribution >= 0.6 is 15.9 Å². The van der Waals surface area contributed by atoms with E-state index in [1.54, 1.807) is 0 Å². The Hall–Kier alpha value is -0.810. The lowest BCUT2D eigenvalue weighted by Crippen LogP contribution is -2.52. The van der Waals surface area contributed by atoms with Crippen molar-refractivity contribution in [3.63, 3.8) is 0 Å². The van der Waals surface area contributed by atoms with E-state index in [2.05, 4.69) is 25.8 Å². The summed E-state index contributed by atoms with van der Waals surface area (Å²) in [6.07, 6.45) is 9.38. The normalized spacial score (nSPS) is 21.7. The first-order valence-electron chi connectivity index (χ1n) is 7.44. The summed E-state index contributed by atoms with van der Waals surface area (Å²) in [5.41, 5.74) is 0.290. The molecule has 1 aromatic rings. The van der Waals surface area contributed by atoms with Gasteiger partial charge in [0.1, 0.15) is 5.69 Å². The number of carbonyl (C=O) groups excluding carboxylic acids is 1. The third kappa shape index (κ3) is 2.79. The highest BCUT2D eigenvalue weighted by molar-refractivity contribution is 9.10. The van der Waals surface area contributed by atoms with Gasteiger partial charge in [-0.25, -0.2) is 0 Å². The highest BCUT2D eigenvalue weighted by Crippen LogP contribution is 2.37. The Balaban J connectivity index is 1.78. The van der Waals surface area contributed by atoms with Gasteiger partial charge in [0.25, 0.3) is 5.91 Å². The third-order valence-electron chi connectivity index (χ3n) is 4.48. The zero-order valence-electron chi connectivity index (χ0n) is 11.6. The molecule has 0 spiro atoms. The van der Waals surface area contributed by atoms with E-state index < -0.39 is 5.54 Å². The molecule has 0 saturated heterocycles. The number of hydrogen-bond donors (Lipinski definition) is 2. The predicted molar refractivity (Wildman–Crippen MR) is 80.8 cm³/mol. The average Bonchev–Trinajstić information content (AvgIpc) is 3.22. The number of nitrogens with one attached hydrogen (secondary N) is 1. The van der Waals surface area contributed by atoms with Crippen molar-refractivity contribution in [2.45, 2.75) is 56.5 Å². The first-order chi connectivity index (χ1) is 9.63. The minimum absolute atomic E-state index is 0.0318. The molecule has 0 aromatic carbocycles. The molecular formula is C15H21BrN2O2. The quantitative estimate of drug-likeness (QED) is 0.885. The Morgan fingerprint density at radius 2 is 2.10 bits per heavy atom. The molecule has 2 N–H and O–H groups in total. The maximum Gasteiger partial charge on any atom is 0.268 e. The molecule has 2 aliphatic rings. The maximum absolute atomic E-state index is 12.6. The Labute approximate surface area is 127 Å². The second-order valence-electron chi connectivity index (χ2n) is 6.14. The first kappa shape index (κ1) is 14.1. The van der Waals surface area contributed by atoms with Crippen molar-refractivity contribution in [3.05, 3.63) is 22.4 Å². The van der Waals surface area contributed by atoms with E-state index in [0.29, 0.717) is 11.7 Å². The lowest BCUT2D eigenvalue weighted by atomic mass is 9.82. The second kappa shape index (κ2) is 5.53. The molecule has 1 aromatic heterocycles. The summed E-state index contributed by atoms with van der Waals surface area (Å²) in [7, 11) is 0. The van der Waals surface area contributed by atoms with Crippen LogP contribution in [-0.2, 0) is 0 Å². The monoisotopic (exact) mass is 340 g/mol. The van der Waals surface area contributed by atoms with Crippen LogP contribution in [0.3, 0.4) is 0 Å². The number of nitrogens with zero attached hydrogens (tertiary/aromatic N) is 1. The van der Waals surface area contributed by atoms with Gasteiger partial charge in [-0.1, -0.05) is 19.3 Å². The summed E-state index contributed by atoms with van der Waals surface area (Å²) in [6, 6.07) is 2.35. The molecule has 0 unspecified atom stereocenters. The van der Waals surface area contributed by atoms with Gasteiger partial charge in [0.2, 0.25) is 0 Å². The highest BCUT2D eigenvalue weighted by atomic mass is 79.9. The lowest BCUT2D eigenvalue weighted by Gasteiger charge is -2.36. The van der Waals surface area contributed by atoms with Crippen LogP contribution in [0.4, 0.5) is 0 Å². The Bertz CT molecular complexity index is 502. The van der Waals surface area contributed by atoms with Crippen molar-refractivity contribution in [2.24, 2.45) is 0 Å². The van der Waals surface area contributed by atoms with E-state index in [1.807, 2.05) is 12.3 Å². The van der Waals surface area contributed by atoms with Gasteiger partial charge >= 0.3 is 0 Å². The fourth-order valence-corrected chi connectivity index (χ4v) is 3.58. The molecule has 2 saturated carbocycles. The topological polar surface area (TPSA) is 54.3 Å². The van der Waals surface area contributed by atoms with E-state index in [1.165, 1.54) is 6.42 Å². The molecular weight excluding hydrogens is 320 g/mol. The van der Waals surface area contributed by atoms with Crippen LogP contribution in [0, 0.1) is 0 Å². The van der Waals surface area contributed by atoms with Crippen molar-refractivity contribution < 1.29 is 9.90 Å². The summed E-state index contributed by atoms with van der Waals surface area (Å²) in [4.78, 5) is 12.6. The van der Waals surface area contributed by atoms with Crippen LogP contribution in [0.1, 0.15) is 61.5 Å². The number of hydrogen-bond acceptors (Lipinski definition) is 2. The third-order valence-corrected chi connectivity index (χ3v) is 4.91. The van der Waals surface area contributed by atoms with Crippen molar-refractivity contribution in [2.75, 3.05) is 6.61 Å². The molecule has 0 atom stereocenters. The summed E-state index contributed by atoms with van der Waals surface area (Å²) >= 11 is 3.45. The zero-order valence-corrected chi connectivity index (χ0v) is 13.2. The fraction of sp³-hybridized carbons (Fsp3) is 0.667. The van der Waals surface area contributed by atoms with Gasteiger partial charge in [-0.3, -0.25) is 4.79 Å². The van der Waals surface area contributed by atoms with E-state index in [9.17, 15) is 9.90 Å². The Morgan fingerprint density at radius 1 is 1.40 bits per heavy atom. The Kier molecular flexibility index (Phi) is 3.91. The van der Waals surface area contributed by atoms with Crippen LogP contribution in [-0.4, -0.2) is 27.7 Å². The summed E-state index contributed by atoms with van der Waals surface area (Å²) in [6.45, 7) is 0.0318. The molecule has 0 aliphatic heterocycles. The molecule has 110 valence electrons. The molecule has 4 nitrogen and oxygen atoms in total. The van der Waals surface area contributed by atoms with Crippen molar-refractivity contribution in [1.29, 1.82) is 0 Å². The van der Waals surface area contributed by atoms with Gasteiger partial charge in [-0.05, 0) is 47.7 Å². The van der Waals surface area contributed by atoms with Crippen LogP contribution in [0.25, 0.3) is 0 Å². The Morgan fingerprint density at radius 3 is 2.70 bits per heavy atom. The predicted octanol–water partition coefficient (Wildman–Crippen LogP) is 3.01. The number of amides is 1. The smallest absolute Gasteiger partial charge is 0.268 e. The molecule has 5 heteroatoms. The van der Waals surface area contributed by atoms with Crippen molar-refractivity contribution in [1.82, 2.24) is 9.88 Å². The van der Waals surface area contributed by atoms with Gasteiger partial charge < -0.3 is 15.0 Å². The largest absolute Gasteiger partial charge is 0.394 e. The second-order valence-corrected chi connectivity index (χ2v) is 7.05. The van der Waals surface area contributed by atoms with Gasteiger partial charge in [-0.2, -0.15) is 0 Å². The van der Waals surface area contributed by atoms with E-state index >= 15 is 0 Å². The molecule has 3 rings (SSSR count). The van der Waals surface area contributed by atoms with E-state index in [4.69, 9.17) is 0 Å². The number of carbonyl (C=O) groups is 1. The summed E-state index contributed by atoms with van der Waals surface area (Å²) < 4.78 is 3.00. The number of aromatic nitrogens is 1. The van der Waals surface area contributed by atoms with E-state index in [0.717, 1.165) is 43.0 Å². The van der Waals surface area contributed by atoms with Gasteiger partial charge in [0, 0.05) is 16.7 Å². The summed E-state index contributed by atoms with van der Waals surface area (Å²) in [5, 5.41) is 12.8. The minimum Gasteiger partial charge on any atom is -0.394 e.